The predicted molar refractivity (Wildman–Crippen MR) is 60.3 cm³/mol. The van der Waals surface area contributed by atoms with Crippen molar-refractivity contribution >= 4 is 12.4 Å². The van der Waals surface area contributed by atoms with Gasteiger partial charge in [0, 0.05) is 6.61 Å². The Morgan fingerprint density at radius 2 is 2.00 bits per heavy atom. The number of aldehydes is 1. The number of amides is 1. The fourth-order valence-electron chi connectivity index (χ4n) is 1.07. The number of hydrogen-bond acceptors (Lipinski definition) is 4. The Kier molecular flexibility index (Phi) is 6.03. The van der Waals surface area contributed by atoms with E-state index in [-0.39, 0.29) is 6.10 Å². The van der Waals surface area contributed by atoms with Crippen LogP contribution in [0.25, 0.3) is 0 Å². The van der Waals surface area contributed by atoms with Gasteiger partial charge >= 0.3 is 6.09 Å². The van der Waals surface area contributed by atoms with Crippen LogP contribution in [0.4, 0.5) is 4.79 Å². The summed E-state index contributed by atoms with van der Waals surface area (Å²) >= 11 is 0. The molecule has 0 rings (SSSR count). The summed E-state index contributed by atoms with van der Waals surface area (Å²) in [5.41, 5.74) is -0.577. The molecule has 2 atom stereocenters. The lowest BCUT2D eigenvalue weighted by molar-refractivity contribution is -0.112. The lowest BCUT2D eigenvalue weighted by Gasteiger charge is -2.24. The molecule has 0 aliphatic carbocycles. The SMILES string of the molecule is CCOC(C)C(C=O)NC(=O)OC(C)(C)C. The summed E-state index contributed by atoms with van der Waals surface area (Å²) in [6, 6.07) is -0.685. The van der Waals surface area contributed by atoms with Crippen LogP contribution in [0.2, 0.25) is 0 Å². The van der Waals surface area contributed by atoms with Gasteiger partial charge in [0.05, 0.1) is 6.10 Å². The van der Waals surface area contributed by atoms with E-state index in [1.165, 1.54) is 0 Å². The van der Waals surface area contributed by atoms with Crippen LogP contribution in [-0.2, 0) is 14.3 Å². The van der Waals surface area contributed by atoms with Crippen molar-refractivity contribution in [2.75, 3.05) is 6.61 Å². The molecular weight excluding hydrogens is 210 g/mol. The van der Waals surface area contributed by atoms with Crippen molar-refractivity contribution < 1.29 is 19.1 Å². The normalized spacial score (nSPS) is 15.1. The van der Waals surface area contributed by atoms with Gasteiger partial charge in [0.25, 0.3) is 0 Å². The van der Waals surface area contributed by atoms with Gasteiger partial charge in [-0.1, -0.05) is 0 Å². The lowest BCUT2D eigenvalue weighted by Crippen LogP contribution is -2.46. The summed E-state index contributed by atoms with van der Waals surface area (Å²) in [6.45, 7) is 9.31. The minimum Gasteiger partial charge on any atom is -0.444 e. The van der Waals surface area contributed by atoms with E-state index in [2.05, 4.69) is 5.32 Å². The van der Waals surface area contributed by atoms with Crippen LogP contribution in [0.1, 0.15) is 34.6 Å². The van der Waals surface area contributed by atoms with Crippen LogP contribution in [0.15, 0.2) is 0 Å². The van der Waals surface area contributed by atoms with Crippen LogP contribution in [0.3, 0.4) is 0 Å². The lowest BCUT2D eigenvalue weighted by atomic mass is 10.2. The quantitative estimate of drug-likeness (QED) is 0.728. The first-order valence-corrected chi connectivity index (χ1v) is 5.36. The molecule has 16 heavy (non-hydrogen) atoms. The number of rotatable bonds is 5. The van der Waals surface area contributed by atoms with Crippen molar-refractivity contribution in [1.82, 2.24) is 5.32 Å². The zero-order valence-electron chi connectivity index (χ0n) is 10.6. The van der Waals surface area contributed by atoms with Crippen molar-refractivity contribution in [3.8, 4) is 0 Å². The summed E-state index contributed by atoms with van der Waals surface area (Å²) in [4.78, 5) is 22.2. The zero-order valence-corrected chi connectivity index (χ0v) is 10.6. The third-order valence-corrected chi connectivity index (χ3v) is 1.77. The van der Waals surface area contributed by atoms with Crippen molar-refractivity contribution in [2.45, 2.75) is 52.4 Å². The number of alkyl carbamates (subject to hydrolysis) is 1. The molecule has 0 bridgehead atoms. The van der Waals surface area contributed by atoms with Gasteiger partial charge < -0.3 is 19.6 Å². The molecule has 0 saturated heterocycles. The highest BCUT2D eigenvalue weighted by Gasteiger charge is 2.22. The van der Waals surface area contributed by atoms with E-state index in [0.29, 0.717) is 12.9 Å². The molecule has 5 heteroatoms. The molecule has 0 saturated carbocycles. The Morgan fingerprint density at radius 1 is 1.44 bits per heavy atom. The molecule has 2 unspecified atom stereocenters. The molecule has 0 spiro atoms. The highest BCUT2D eigenvalue weighted by molar-refractivity contribution is 5.73. The van der Waals surface area contributed by atoms with Gasteiger partial charge in [0.1, 0.15) is 17.9 Å². The Bertz CT molecular complexity index is 235. The van der Waals surface area contributed by atoms with Crippen LogP contribution >= 0.6 is 0 Å². The molecule has 0 heterocycles. The minimum absolute atomic E-state index is 0.366. The van der Waals surface area contributed by atoms with Crippen LogP contribution < -0.4 is 5.32 Å². The van der Waals surface area contributed by atoms with Crippen LogP contribution in [0.5, 0.6) is 0 Å². The maximum absolute atomic E-state index is 11.4. The first kappa shape index (κ1) is 14.9. The summed E-state index contributed by atoms with van der Waals surface area (Å²) in [5.74, 6) is 0. The molecule has 5 nitrogen and oxygen atoms in total. The summed E-state index contributed by atoms with van der Waals surface area (Å²) < 4.78 is 10.3. The molecular formula is C11H21NO4. The van der Waals surface area contributed by atoms with Gasteiger partial charge in [-0.25, -0.2) is 4.79 Å². The smallest absolute Gasteiger partial charge is 0.408 e. The van der Waals surface area contributed by atoms with E-state index in [4.69, 9.17) is 9.47 Å². The van der Waals surface area contributed by atoms with E-state index in [1.54, 1.807) is 27.7 Å². The Morgan fingerprint density at radius 3 is 2.38 bits per heavy atom. The fraction of sp³-hybridized carbons (Fsp3) is 0.818. The molecule has 94 valence electrons. The van der Waals surface area contributed by atoms with E-state index in [0.717, 1.165) is 0 Å². The molecule has 0 fully saturated rings. The van der Waals surface area contributed by atoms with Gasteiger partial charge in [-0.3, -0.25) is 0 Å². The molecule has 0 aromatic rings. The van der Waals surface area contributed by atoms with Crippen molar-refractivity contribution in [3.05, 3.63) is 0 Å². The van der Waals surface area contributed by atoms with Crippen molar-refractivity contribution in [3.63, 3.8) is 0 Å². The fourth-order valence-corrected chi connectivity index (χ4v) is 1.07. The van der Waals surface area contributed by atoms with E-state index >= 15 is 0 Å². The van der Waals surface area contributed by atoms with Gasteiger partial charge in [0.2, 0.25) is 0 Å². The van der Waals surface area contributed by atoms with Crippen molar-refractivity contribution in [2.24, 2.45) is 0 Å². The standard InChI is InChI=1S/C11H21NO4/c1-6-15-8(2)9(7-13)12-10(14)16-11(3,4)5/h7-9H,6H2,1-5H3,(H,12,14). The molecule has 1 amide bonds. The maximum atomic E-state index is 11.4. The Balaban J connectivity index is 4.22. The summed E-state index contributed by atoms with van der Waals surface area (Å²) in [6.07, 6.45) is -0.337. The van der Waals surface area contributed by atoms with Gasteiger partial charge in [-0.2, -0.15) is 0 Å². The first-order valence-electron chi connectivity index (χ1n) is 5.36. The van der Waals surface area contributed by atoms with Crippen molar-refractivity contribution in [1.29, 1.82) is 0 Å². The minimum atomic E-state index is -0.685. The van der Waals surface area contributed by atoms with E-state index in [9.17, 15) is 9.59 Å². The van der Waals surface area contributed by atoms with E-state index < -0.39 is 17.7 Å². The van der Waals surface area contributed by atoms with Gasteiger partial charge in [-0.05, 0) is 34.6 Å². The second kappa shape index (κ2) is 6.48. The monoisotopic (exact) mass is 231 g/mol. The van der Waals surface area contributed by atoms with E-state index in [1.807, 2.05) is 6.92 Å². The number of carbonyl (C=O) groups excluding carboxylic acids is 2. The molecule has 0 aliphatic rings. The van der Waals surface area contributed by atoms with Gasteiger partial charge in [-0.15, -0.1) is 0 Å². The molecule has 0 radical (unpaired) electrons. The zero-order chi connectivity index (χ0) is 12.8. The van der Waals surface area contributed by atoms with Gasteiger partial charge in [0.15, 0.2) is 0 Å². The third-order valence-electron chi connectivity index (χ3n) is 1.77. The number of carbonyl (C=O) groups is 2. The molecule has 0 aromatic carbocycles. The topological polar surface area (TPSA) is 64.6 Å². The second-order valence-electron chi connectivity index (χ2n) is 4.47. The third kappa shape index (κ3) is 6.40. The van der Waals surface area contributed by atoms with Crippen LogP contribution in [-0.4, -0.2) is 36.7 Å². The number of nitrogens with one attached hydrogen (secondary N) is 1. The summed E-state index contributed by atoms with van der Waals surface area (Å²) in [7, 11) is 0. The average Bonchev–Trinajstić information content (AvgIpc) is 2.11. The highest BCUT2D eigenvalue weighted by Crippen LogP contribution is 2.07. The highest BCUT2D eigenvalue weighted by atomic mass is 16.6. The first-order chi connectivity index (χ1) is 7.30. The molecule has 1 N–H and O–H groups in total. The Labute approximate surface area is 96.5 Å². The Hall–Kier alpha value is -1.10. The molecule has 0 aromatic heterocycles. The number of ether oxygens (including phenoxy) is 2. The second-order valence-corrected chi connectivity index (χ2v) is 4.47. The number of hydrogen-bond donors (Lipinski definition) is 1. The van der Waals surface area contributed by atoms with Crippen LogP contribution in [0, 0.1) is 0 Å². The molecule has 0 aliphatic heterocycles. The maximum Gasteiger partial charge on any atom is 0.408 e. The predicted octanol–water partition coefficient (Wildman–Crippen LogP) is 1.50. The average molecular weight is 231 g/mol. The summed E-state index contributed by atoms with van der Waals surface area (Å²) in [5, 5.41) is 2.45. The largest absolute Gasteiger partial charge is 0.444 e.